The highest BCUT2D eigenvalue weighted by Gasteiger charge is 2.29. The van der Waals surface area contributed by atoms with Crippen LogP contribution in [-0.2, 0) is 0 Å². The van der Waals surface area contributed by atoms with Crippen LogP contribution in [-0.4, -0.2) is 14.2 Å². The second-order valence-corrected chi connectivity index (χ2v) is 6.14. The Hall–Kier alpha value is -2.40. The predicted molar refractivity (Wildman–Crippen MR) is 97.3 cm³/mol. The summed E-state index contributed by atoms with van der Waals surface area (Å²) in [5.74, 6) is 0.0299. The van der Waals surface area contributed by atoms with Crippen LogP contribution in [0.2, 0.25) is 10.0 Å². The van der Waals surface area contributed by atoms with Gasteiger partial charge in [0.1, 0.15) is 0 Å². The second kappa shape index (κ2) is 8.62. The maximum atomic E-state index is 9.78. The zero-order valence-electron chi connectivity index (χ0n) is 13.8. The minimum absolute atomic E-state index is 0.134. The maximum Gasteiger partial charge on any atom is 0.160 e. The lowest BCUT2D eigenvalue weighted by atomic mass is 9.80. The zero-order valence-corrected chi connectivity index (χ0v) is 15.3. The van der Waals surface area contributed by atoms with Gasteiger partial charge in [-0.1, -0.05) is 35.3 Å². The molecule has 6 heteroatoms. The summed E-state index contributed by atoms with van der Waals surface area (Å²) in [6, 6.07) is 14.8. The number of halogens is 2. The minimum Gasteiger partial charge on any atom is -0.493 e. The minimum atomic E-state index is -0.668. The third kappa shape index (κ3) is 3.99. The lowest BCUT2D eigenvalue weighted by Gasteiger charge is -2.23. The van der Waals surface area contributed by atoms with Gasteiger partial charge in [-0.15, -0.1) is 0 Å². The van der Waals surface area contributed by atoms with Gasteiger partial charge in [0.2, 0.25) is 0 Å². The molecule has 0 amide bonds. The van der Waals surface area contributed by atoms with Gasteiger partial charge in [-0.25, -0.2) is 0 Å². The van der Waals surface area contributed by atoms with Crippen molar-refractivity contribution in [3.05, 3.63) is 57.6 Å². The Bertz CT molecular complexity index is 820. The molecule has 0 heterocycles. The fraction of sp³-hybridized carbons (Fsp3) is 0.263. The summed E-state index contributed by atoms with van der Waals surface area (Å²) >= 11 is 12.6. The molecule has 0 unspecified atom stereocenters. The average molecular weight is 375 g/mol. The Morgan fingerprint density at radius 2 is 1.64 bits per heavy atom. The molecule has 25 heavy (non-hydrogen) atoms. The number of hydrogen-bond acceptors (Lipinski definition) is 4. The van der Waals surface area contributed by atoms with Crippen LogP contribution in [0.3, 0.4) is 0 Å². The van der Waals surface area contributed by atoms with Crippen LogP contribution >= 0.6 is 23.2 Å². The van der Waals surface area contributed by atoms with E-state index < -0.39 is 11.8 Å². The average Bonchev–Trinajstić information content (AvgIpc) is 2.63. The van der Waals surface area contributed by atoms with Gasteiger partial charge in [0.05, 0.1) is 32.3 Å². The Balaban J connectivity index is 2.57. The van der Waals surface area contributed by atoms with Crippen molar-refractivity contribution in [2.75, 3.05) is 14.2 Å². The van der Waals surface area contributed by atoms with E-state index in [9.17, 15) is 10.5 Å². The maximum absolute atomic E-state index is 9.78. The van der Waals surface area contributed by atoms with Crippen LogP contribution in [0.4, 0.5) is 0 Å². The molecule has 0 aromatic heterocycles. The smallest absolute Gasteiger partial charge is 0.160 e. The van der Waals surface area contributed by atoms with Crippen molar-refractivity contribution in [3.8, 4) is 23.6 Å². The van der Waals surface area contributed by atoms with Gasteiger partial charge in [-0.2, -0.15) is 10.5 Å². The van der Waals surface area contributed by atoms with E-state index in [2.05, 4.69) is 12.1 Å². The molecule has 2 atom stereocenters. The summed E-state index contributed by atoms with van der Waals surface area (Å²) in [5, 5.41) is 19.9. The highest BCUT2D eigenvalue weighted by molar-refractivity contribution is 6.36. The van der Waals surface area contributed by atoms with Gasteiger partial charge in [0.25, 0.3) is 0 Å². The first kappa shape index (κ1) is 18.9. The molecule has 128 valence electrons. The zero-order chi connectivity index (χ0) is 18.4. The number of rotatable bonds is 6. The van der Waals surface area contributed by atoms with E-state index in [-0.39, 0.29) is 6.42 Å². The summed E-state index contributed by atoms with van der Waals surface area (Å²) in [6.45, 7) is 0. The normalized spacial score (nSPS) is 12.6. The lowest BCUT2D eigenvalue weighted by molar-refractivity contribution is 0.354. The molecule has 0 fully saturated rings. The van der Waals surface area contributed by atoms with E-state index in [1.165, 1.54) is 7.11 Å². The highest BCUT2D eigenvalue weighted by Crippen LogP contribution is 2.43. The van der Waals surface area contributed by atoms with E-state index in [1.807, 2.05) is 6.07 Å². The quantitative estimate of drug-likeness (QED) is 0.686. The van der Waals surface area contributed by atoms with Gasteiger partial charge in [0.15, 0.2) is 11.5 Å². The van der Waals surface area contributed by atoms with Crippen LogP contribution in [0.1, 0.15) is 29.4 Å². The molecule has 0 spiro atoms. The number of benzene rings is 2. The molecular weight excluding hydrogens is 359 g/mol. The van der Waals surface area contributed by atoms with Crippen molar-refractivity contribution < 1.29 is 9.47 Å². The fourth-order valence-electron chi connectivity index (χ4n) is 2.77. The molecule has 2 rings (SSSR count). The van der Waals surface area contributed by atoms with Crippen molar-refractivity contribution in [3.63, 3.8) is 0 Å². The molecular formula is C19H16Cl2N2O2. The first-order valence-corrected chi connectivity index (χ1v) is 8.25. The molecule has 0 radical (unpaired) electrons. The molecule has 0 bridgehead atoms. The molecule has 0 saturated carbocycles. The van der Waals surface area contributed by atoms with Crippen LogP contribution in [0.25, 0.3) is 0 Å². The first-order chi connectivity index (χ1) is 12.1. The van der Waals surface area contributed by atoms with Crippen molar-refractivity contribution in [2.24, 2.45) is 0 Å². The SMILES string of the molecule is COc1ccc([C@@H](CC#N)[C@@H](C#N)c2c(Cl)cccc2Cl)cc1OC. The Kier molecular flexibility index (Phi) is 6.53. The fourth-order valence-corrected chi connectivity index (χ4v) is 3.41. The highest BCUT2D eigenvalue weighted by atomic mass is 35.5. The molecule has 2 aromatic rings. The number of hydrogen-bond donors (Lipinski definition) is 0. The van der Waals surface area contributed by atoms with E-state index in [4.69, 9.17) is 32.7 Å². The first-order valence-electron chi connectivity index (χ1n) is 7.49. The van der Waals surface area contributed by atoms with Gasteiger partial charge in [-0.3, -0.25) is 0 Å². The lowest BCUT2D eigenvalue weighted by Crippen LogP contribution is -2.11. The molecule has 0 saturated heterocycles. The topological polar surface area (TPSA) is 66.0 Å². The summed E-state index contributed by atoms with van der Waals surface area (Å²) in [5.41, 5.74) is 1.31. The van der Waals surface area contributed by atoms with Crippen LogP contribution in [0.5, 0.6) is 11.5 Å². The van der Waals surface area contributed by atoms with E-state index in [1.54, 1.807) is 37.4 Å². The van der Waals surface area contributed by atoms with Crippen LogP contribution in [0.15, 0.2) is 36.4 Å². The van der Waals surface area contributed by atoms with E-state index in [0.717, 1.165) is 5.56 Å². The largest absolute Gasteiger partial charge is 0.493 e. The van der Waals surface area contributed by atoms with Crippen LogP contribution in [0, 0.1) is 22.7 Å². The van der Waals surface area contributed by atoms with E-state index >= 15 is 0 Å². The summed E-state index contributed by atoms with van der Waals surface area (Å²) in [6.07, 6.45) is 0.134. The Morgan fingerprint density at radius 3 is 2.16 bits per heavy atom. The van der Waals surface area contributed by atoms with Crippen molar-refractivity contribution in [2.45, 2.75) is 18.3 Å². The Morgan fingerprint density at radius 1 is 1.00 bits per heavy atom. The standard InChI is InChI=1S/C19H16Cl2N2O2/c1-24-17-7-6-12(10-18(17)25-2)13(8-9-22)14(11-23)19-15(20)4-3-5-16(19)21/h3-7,10,13-14H,8H2,1-2H3/t13-,14-/m1/s1. The molecule has 2 aromatic carbocycles. The molecule has 0 aliphatic heterocycles. The molecule has 4 nitrogen and oxygen atoms in total. The van der Waals surface area contributed by atoms with Gasteiger partial charge < -0.3 is 9.47 Å². The molecule has 0 aliphatic rings. The summed E-state index contributed by atoms with van der Waals surface area (Å²) in [7, 11) is 3.08. The number of ether oxygens (including phenoxy) is 2. The summed E-state index contributed by atoms with van der Waals surface area (Å²) in [4.78, 5) is 0. The molecule has 0 N–H and O–H groups in total. The Labute approximate surface area is 157 Å². The number of nitrogens with zero attached hydrogens (tertiary/aromatic N) is 2. The third-order valence-electron chi connectivity index (χ3n) is 4.00. The van der Waals surface area contributed by atoms with Crippen LogP contribution < -0.4 is 9.47 Å². The van der Waals surface area contributed by atoms with Crippen molar-refractivity contribution in [1.82, 2.24) is 0 Å². The number of methoxy groups -OCH3 is 2. The van der Waals surface area contributed by atoms with Crippen molar-refractivity contribution >= 4 is 23.2 Å². The van der Waals surface area contributed by atoms with E-state index in [0.29, 0.717) is 27.1 Å². The number of nitriles is 2. The third-order valence-corrected chi connectivity index (χ3v) is 4.66. The predicted octanol–water partition coefficient (Wildman–Crippen LogP) is 5.32. The van der Waals surface area contributed by atoms with Crippen molar-refractivity contribution in [1.29, 1.82) is 10.5 Å². The van der Waals surface area contributed by atoms with Gasteiger partial charge in [0, 0.05) is 27.9 Å². The van der Waals surface area contributed by atoms with Gasteiger partial charge in [-0.05, 0) is 29.8 Å². The summed E-state index contributed by atoms with van der Waals surface area (Å²) < 4.78 is 10.6. The van der Waals surface area contributed by atoms with Gasteiger partial charge >= 0.3 is 0 Å². The molecule has 0 aliphatic carbocycles. The monoisotopic (exact) mass is 374 g/mol. The second-order valence-electron chi connectivity index (χ2n) is 5.33.